The molecule has 0 bridgehead atoms. The maximum atomic E-state index is 4.85. The molecule has 22 valence electrons. The van der Waals surface area contributed by atoms with E-state index in [9.17, 15) is 0 Å². The molecule has 0 saturated heterocycles. The average Bonchev–Trinajstić information content (AvgIpc) is 1.37. The van der Waals surface area contributed by atoms with Gasteiger partial charge in [-0.15, -0.1) is 0 Å². The average molecular weight is 56.1 g/mol. The predicted octanol–water partition coefficient (Wildman–Crippen LogP) is -0.0657. The summed E-state index contributed by atoms with van der Waals surface area (Å²) in [5.74, 6) is 0. The first kappa shape index (κ1) is 3.61. The van der Waals surface area contributed by atoms with E-state index in [-0.39, 0.29) is 0 Å². The molecule has 0 spiro atoms. The molecule has 0 heterocycles. The molecule has 0 radical (unpaired) electrons. The fourth-order valence-electron chi connectivity index (χ4n) is 0. The second-order valence-corrected chi connectivity index (χ2v) is 0.454. The van der Waals surface area contributed by atoms with Gasteiger partial charge in [0.1, 0.15) is 6.58 Å². The van der Waals surface area contributed by atoms with Crippen LogP contribution in [0.25, 0.3) is 0 Å². The summed E-state index contributed by atoms with van der Waals surface area (Å²) in [6, 6.07) is 0. The monoisotopic (exact) mass is 56.0 g/mol. The zero-order chi connectivity index (χ0) is 3.41. The van der Waals surface area contributed by atoms with E-state index in [2.05, 4.69) is 12.7 Å². The van der Waals surface area contributed by atoms with Gasteiger partial charge >= 0.3 is 0 Å². The van der Waals surface area contributed by atoms with Crippen molar-refractivity contribution in [1.82, 2.24) is 0 Å². The molecule has 0 unspecified atom stereocenters. The summed E-state index contributed by atoms with van der Waals surface area (Å²) >= 11 is 0. The normalized spacial score (nSPS) is 5.25. The van der Waals surface area contributed by atoms with E-state index in [1.807, 2.05) is 0 Å². The van der Waals surface area contributed by atoms with Crippen molar-refractivity contribution in [2.24, 2.45) is 5.73 Å². The third-order valence-electron chi connectivity index (χ3n) is 0.144. The minimum Gasteiger partial charge on any atom is -0.284 e. The lowest BCUT2D eigenvalue weighted by atomic mass is 10.7. The van der Waals surface area contributed by atoms with Gasteiger partial charge in [0.05, 0.1) is 0 Å². The molecule has 0 amide bonds. The molecule has 0 rings (SSSR count). The number of rotatable bonds is 1. The summed E-state index contributed by atoms with van der Waals surface area (Å²) < 4.78 is 0. The second kappa shape index (κ2) is 2.61. The van der Waals surface area contributed by atoms with Crippen LogP contribution in [-0.4, -0.2) is 6.54 Å². The van der Waals surface area contributed by atoms with Crippen molar-refractivity contribution in [3.05, 3.63) is 12.7 Å². The lowest BCUT2D eigenvalue weighted by Gasteiger charge is -1.42. The molecule has 1 nitrogen and oxygen atoms in total. The second-order valence-electron chi connectivity index (χ2n) is 0.454. The first-order valence-corrected chi connectivity index (χ1v) is 1.12. The molecule has 0 fully saturated rings. The van der Waals surface area contributed by atoms with Gasteiger partial charge in [-0.1, -0.05) is 0 Å². The summed E-state index contributed by atoms with van der Waals surface area (Å²) in [7, 11) is 0. The van der Waals surface area contributed by atoms with Gasteiger partial charge < -0.3 is 0 Å². The van der Waals surface area contributed by atoms with Crippen LogP contribution >= 0.6 is 0 Å². The van der Waals surface area contributed by atoms with Crippen LogP contribution in [0.2, 0.25) is 0 Å². The Morgan fingerprint density at radius 2 is 2.25 bits per heavy atom. The van der Waals surface area contributed by atoms with Gasteiger partial charge in [-0.2, -0.15) is 0 Å². The van der Waals surface area contributed by atoms with Crippen molar-refractivity contribution in [1.29, 1.82) is 0 Å². The molecule has 0 aliphatic rings. The molecule has 0 atom stereocenters. The third kappa shape index (κ3) is 1.61. The molecular formula is C3H6N+. The fourth-order valence-corrected chi connectivity index (χ4v) is 0. The Morgan fingerprint density at radius 3 is 2.25 bits per heavy atom. The van der Waals surface area contributed by atoms with Gasteiger partial charge in [0, 0.05) is 0 Å². The summed E-state index contributed by atoms with van der Waals surface area (Å²) in [6.45, 7) is 3.69. The number of hydrogen-bond acceptors (Lipinski definition) is 1. The minimum absolute atomic E-state index is 0.458. The molecule has 0 aliphatic heterocycles. The van der Waals surface area contributed by atoms with Crippen molar-refractivity contribution < 1.29 is 0 Å². The molecule has 0 aromatic carbocycles. The van der Waals surface area contributed by atoms with E-state index < -0.39 is 0 Å². The van der Waals surface area contributed by atoms with Crippen molar-refractivity contribution >= 4 is 0 Å². The molecule has 2 N–H and O–H groups in total. The molecule has 0 aromatic rings. The van der Waals surface area contributed by atoms with Crippen LogP contribution in [0.3, 0.4) is 0 Å². The van der Waals surface area contributed by atoms with E-state index in [0.29, 0.717) is 6.54 Å². The highest BCUT2D eigenvalue weighted by Crippen LogP contribution is 1.37. The molecular weight excluding hydrogens is 50.0 g/mol. The quantitative estimate of drug-likeness (QED) is 0.418. The Balaban J connectivity index is 2.30. The summed E-state index contributed by atoms with van der Waals surface area (Å²) in [4.78, 5) is 0. The van der Waals surface area contributed by atoms with Crippen LogP contribution in [0.1, 0.15) is 0 Å². The molecule has 0 aliphatic carbocycles. The fraction of sp³-hybridized carbons (Fsp3) is 0.333. The number of nitrogens with two attached hydrogens (primary N) is 1. The number of hydrogen-bond donors (Lipinski definition) is 1. The van der Waals surface area contributed by atoms with Crippen LogP contribution < -0.4 is 5.73 Å². The summed E-state index contributed by atoms with van der Waals surface area (Å²) in [5.41, 5.74) is 4.85. The highest BCUT2D eigenvalue weighted by Gasteiger charge is 1.65. The Morgan fingerprint density at radius 1 is 2.00 bits per heavy atom. The largest absolute Gasteiger partial charge is 0.284 e. The van der Waals surface area contributed by atoms with Crippen molar-refractivity contribution in [3.8, 4) is 0 Å². The Bertz CT molecular complexity index is 17.2. The van der Waals surface area contributed by atoms with Crippen LogP contribution in [0.5, 0.6) is 0 Å². The van der Waals surface area contributed by atoms with Gasteiger partial charge in [-0.05, 0) is 0 Å². The maximum absolute atomic E-state index is 4.85. The first-order chi connectivity index (χ1) is 1.91. The first-order valence-electron chi connectivity index (χ1n) is 1.12. The molecule has 0 saturated carbocycles. The predicted molar refractivity (Wildman–Crippen MR) is 17.9 cm³/mol. The highest BCUT2D eigenvalue weighted by atomic mass is 14.5. The zero-order valence-corrected chi connectivity index (χ0v) is 2.49. The SMILES string of the molecule is C=[C+]CN. The Kier molecular flexibility index (Phi) is 2.36. The van der Waals surface area contributed by atoms with Crippen molar-refractivity contribution in [3.63, 3.8) is 0 Å². The van der Waals surface area contributed by atoms with Crippen LogP contribution in [0.4, 0.5) is 0 Å². The molecule has 1 heteroatoms. The van der Waals surface area contributed by atoms with Crippen molar-refractivity contribution in [2.75, 3.05) is 6.54 Å². The van der Waals surface area contributed by atoms with E-state index in [1.165, 1.54) is 0 Å². The van der Waals surface area contributed by atoms with E-state index >= 15 is 0 Å². The highest BCUT2D eigenvalue weighted by molar-refractivity contribution is 4.51. The van der Waals surface area contributed by atoms with Crippen LogP contribution in [-0.2, 0) is 0 Å². The Labute approximate surface area is 26.1 Å². The van der Waals surface area contributed by atoms with Gasteiger partial charge in [-0.3, -0.25) is 5.73 Å². The minimum atomic E-state index is 0.458. The van der Waals surface area contributed by atoms with Gasteiger partial charge in [-0.25, -0.2) is 0 Å². The van der Waals surface area contributed by atoms with Gasteiger partial charge in [0.15, 0.2) is 0 Å². The van der Waals surface area contributed by atoms with E-state index in [4.69, 9.17) is 5.73 Å². The molecule has 4 heavy (non-hydrogen) atoms. The zero-order valence-electron chi connectivity index (χ0n) is 2.49. The lowest BCUT2D eigenvalue weighted by molar-refractivity contribution is 1.23. The topological polar surface area (TPSA) is 26.0 Å². The van der Waals surface area contributed by atoms with Gasteiger partial charge in [0.25, 0.3) is 0 Å². The maximum Gasteiger partial charge on any atom is 0.231 e. The van der Waals surface area contributed by atoms with Crippen LogP contribution in [0, 0.1) is 6.08 Å². The lowest BCUT2D eigenvalue weighted by Crippen LogP contribution is -1.90. The van der Waals surface area contributed by atoms with Crippen molar-refractivity contribution in [2.45, 2.75) is 0 Å². The smallest absolute Gasteiger partial charge is 0.231 e. The third-order valence-corrected chi connectivity index (χ3v) is 0.144. The van der Waals surface area contributed by atoms with E-state index in [0.717, 1.165) is 0 Å². The van der Waals surface area contributed by atoms with E-state index in [1.54, 1.807) is 0 Å². The standard InChI is InChI=1S/C3H6N/c1-2-3-4/h1,3-4H2/q+1. The van der Waals surface area contributed by atoms with Gasteiger partial charge in [0.2, 0.25) is 12.6 Å². The summed E-state index contributed by atoms with van der Waals surface area (Å²) in [5, 5.41) is 0. The Hall–Kier alpha value is -0.390. The summed E-state index contributed by atoms with van der Waals surface area (Å²) in [6.07, 6.45) is 2.46. The van der Waals surface area contributed by atoms with Crippen LogP contribution in [0.15, 0.2) is 6.58 Å². The molecule has 0 aromatic heterocycles.